The number of nitrogens with one attached hydrogen (secondary N) is 1. The fourth-order valence-electron chi connectivity index (χ4n) is 2.08. The Hall–Kier alpha value is -1.99. The number of carbonyl (C=O) groups excluding carboxylic acids is 1. The van der Waals surface area contributed by atoms with Gasteiger partial charge >= 0.3 is 0 Å². The molecule has 0 unspecified atom stereocenters. The van der Waals surface area contributed by atoms with Gasteiger partial charge < -0.3 is 15.8 Å². The van der Waals surface area contributed by atoms with Crippen LogP contribution < -0.4 is 15.8 Å². The summed E-state index contributed by atoms with van der Waals surface area (Å²) in [5.41, 5.74) is 6.68. The zero-order valence-corrected chi connectivity index (χ0v) is 14.8. The number of rotatable bonds is 10. The molecule has 1 heterocycles. The molecular weight excluding hydrogens is 324 g/mol. The first-order valence-corrected chi connectivity index (χ1v) is 9.07. The van der Waals surface area contributed by atoms with Gasteiger partial charge in [-0.3, -0.25) is 4.79 Å². The van der Waals surface area contributed by atoms with Crippen molar-refractivity contribution in [3.63, 3.8) is 0 Å². The third-order valence-corrected chi connectivity index (χ3v) is 4.35. The Morgan fingerprint density at radius 1 is 1.25 bits per heavy atom. The second-order valence-electron chi connectivity index (χ2n) is 5.39. The van der Waals surface area contributed by atoms with E-state index in [-0.39, 0.29) is 5.91 Å². The highest BCUT2D eigenvalue weighted by atomic mass is 32.1. The van der Waals surface area contributed by atoms with Crippen LogP contribution in [0.15, 0.2) is 24.3 Å². The molecule has 0 saturated heterocycles. The van der Waals surface area contributed by atoms with Gasteiger partial charge in [-0.05, 0) is 43.5 Å². The van der Waals surface area contributed by atoms with E-state index in [0.29, 0.717) is 31.1 Å². The smallest absolute Gasteiger partial charge is 0.226 e. The fraction of sp³-hybridized carbons (Fsp3) is 0.471. The highest BCUT2D eigenvalue weighted by Gasteiger charge is 2.08. The maximum absolute atomic E-state index is 11.6. The molecule has 0 atom stereocenters. The molecule has 24 heavy (non-hydrogen) atoms. The van der Waals surface area contributed by atoms with Crippen molar-refractivity contribution in [2.45, 2.75) is 39.0 Å². The molecule has 0 aliphatic rings. The van der Waals surface area contributed by atoms with Crippen molar-refractivity contribution in [1.82, 2.24) is 10.2 Å². The minimum absolute atomic E-state index is 0.0676. The first-order chi connectivity index (χ1) is 11.7. The van der Waals surface area contributed by atoms with Gasteiger partial charge in [-0.25, -0.2) is 0 Å². The van der Waals surface area contributed by atoms with Crippen LogP contribution in [0.25, 0.3) is 0 Å². The summed E-state index contributed by atoms with van der Waals surface area (Å²) in [6, 6.07) is 8.16. The van der Waals surface area contributed by atoms with Crippen LogP contribution >= 0.6 is 11.3 Å². The number of carbonyl (C=O) groups is 1. The van der Waals surface area contributed by atoms with E-state index in [1.54, 1.807) is 0 Å². The minimum Gasteiger partial charge on any atom is -0.494 e. The van der Waals surface area contributed by atoms with E-state index in [9.17, 15) is 4.79 Å². The van der Waals surface area contributed by atoms with E-state index in [4.69, 9.17) is 10.5 Å². The van der Waals surface area contributed by atoms with Crippen LogP contribution in [0.1, 0.15) is 36.8 Å². The summed E-state index contributed by atoms with van der Waals surface area (Å²) in [5.74, 6) is 0.819. The van der Waals surface area contributed by atoms with Gasteiger partial charge in [0.25, 0.3) is 0 Å². The van der Waals surface area contributed by atoms with E-state index in [0.717, 1.165) is 30.0 Å². The molecule has 1 aromatic heterocycles. The molecule has 2 aromatic rings. The first kappa shape index (κ1) is 18.4. The Labute approximate surface area is 146 Å². The molecule has 0 saturated carbocycles. The van der Waals surface area contributed by atoms with Gasteiger partial charge in [0.15, 0.2) is 0 Å². The zero-order chi connectivity index (χ0) is 17.2. The van der Waals surface area contributed by atoms with Crippen molar-refractivity contribution in [2.24, 2.45) is 5.73 Å². The molecule has 1 aromatic carbocycles. The monoisotopic (exact) mass is 348 g/mol. The van der Waals surface area contributed by atoms with E-state index >= 15 is 0 Å². The lowest BCUT2D eigenvalue weighted by Gasteiger charge is -2.05. The predicted molar refractivity (Wildman–Crippen MR) is 96.5 cm³/mol. The second kappa shape index (κ2) is 10.00. The second-order valence-corrected chi connectivity index (χ2v) is 6.45. The lowest BCUT2D eigenvalue weighted by atomic mass is 10.2. The Balaban J connectivity index is 1.68. The molecule has 0 fully saturated rings. The van der Waals surface area contributed by atoms with E-state index in [2.05, 4.69) is 34.6 Å². The molecule has 0 spiro atoms. The van der Waals surface area contributed by atoms with E-state index in [1.807, 2.05) is 12.1 Å². The van der Waals surface area contributed by atoms with Gasteiger partial charge in [-0.1, -0.05) is 30.4 Å². The summed E-state index contributed by atoms with van der Waals surface area (Å²) >= 11 is 1.40. The van der Waals surface area contributed by atoms with Gasteiger partial charge in [-0.2, -0.15) is 0 Å². The number of nitrogens with zero attached hydrogens (tertiary/aromatic N) is 2. The number of benzene rings is 1. The number of aromatic nitrogens is 2. The van der Waals surface area contributed by atoms with Crippen LogP contribution in [0.2, 0.25) is 0 Å². The number of hydrogen-bond donors (Lipinski definition) is 2. The number of anilines is 1. The van der Waals surface area contributed by atoms with Crippen molar-refractivity contribution < 1.29 is 9.53 Å². The van der Waals surface area contributed by atoms with Gasteiger partial charge in [-0.15, -0.1) is 10.2 Å². The highest BCUT2D eigenvalue weighted by molar-refractivity contribution is 7.15. The Morgan fingerprint density at radius 2 is 2.04 bits per heavy atom. The molecule has 0 aliphatic heterocycles. The third-order valence-electron chi connectivity index (χ3n) is 3.46. The lowest BCUT2D eigenvalue weighted by molar-refractivity contribution is -0.116. The molecular formula is C17H24N4O2S. The van der Waals surface area contributed by atoms with Crippen molar-refractivity contribution >= 4 is 22.4 Å². The molecule has 130 valence electrons. The minimum atomic E-state index is -0.0676. The van der Waals surface area contributed by atoms with Gasteiger partial charge in [0.05, 0.1) is 6.61 Å². The molecule has 0 aliphatic carbocycles. The number of aryl methyl sites for hydroxylation is 2. The Morgan fingerprint density at radius 3 is 2.75 bits per heavy atom. The molecule has 7 heteroatoms. The summed E-state index contributed by atoms with van der Waals surface area (Å²) in [6.07, 6.45) is 3.75. The maximum atomic E-state index is 11.6. The first-order valence-electron chi connectivity index (χ1n) is 8.25. The molecule has 3 N–H and O–H groups in total. The van der Waals surface area contributed by atoms with Gasteiger partial charge in [0.2, 0.25) is 11.0 Å². The molecule has 0 bridgehead atoms. The van der Waals surface area contributed by atoms with Gasteiger partial charge in [0, 0.05) is 12.8 Å². The van der Waals surface area contributed by atoms with Crippen LogP contribution in [-0.4, -0.2) is 29.3 Å². The van der Waals surface area contributed by atoms with Crippen LogP contribution in [0.3, 0.4) is 0 Å². The zero-order valence-electron chi connectivity index (χ0n) is 14.0. The summed E-state index contributed by atoms with van der Waals surface area (Å²) in [7, 11) is 0. The lowest BCUT2D eigenvalue weighted by Crippen LogP contribution is -2.13. The number of amides is 1. The molecule has 6 nitrogen and oxygen atoms in total. The summed E-state index contributed by atoms with van der Waals surface area (Å²) in [6.45, 7) is 3.27. The quantitative estimate of drug-likeness (QED) is 0.644. The standard InChI is InChI=1S/C17H24N4O2S/c1-2-13-7-9-14(10-8-13)23-12-4-6-16-20-21-17(24-16)19-15(22)5-3-11-18/h7-10H,2-6,11-12,18H2,1H3,(H,19,21,22). The van der Waals surface area contributed by atoms with Crippen molar-refractivity contribution in [3.8, 4) is 5.75 Å². The van der Waals surface area contributed by atoms with Crippen LogP contribution in [0.5, 0.6) is 5.75 Å². The molecule has 2 rings (SSSR count). The number of nitrogens with two attached hydrogens (primary N) is 1. The van der Waals surface area contributed by atoms with Crippen molar-refractivity contribution in [2.75, 3.05) is 18.5 Å². The number of ether oxygens (including phenoxy) is 1. The maximum Gasteiger partial charge on any atom is 0.226 e. The normalized spacial score (nSPS) is 10.6. The topological polar surface area (TPSA) is 90.1 Å². The average Bonchev–Trinajstić information content (AvgIpc) is 3.04. The van der Waals surface area contributed by atoms with Crippen LogP contribution in [-0.2, 0) is 17.6 Å². The number of hydrogen-bond acceptors (Lipinski definition) is 6. The van der Waals surface area contributed by atoms with Gasteiger partial charge in [0.1, 0.15) is 10.8 Å². The summed E-state index contributed by atoms with van der Waals surface area (Å²) < 4.78 is 5.72. The van der Waals surface area contributed by atoms with Crippen LogP contribution in [0.4, 0.5) is 5.13 Å². The summed E-state index contributed by atoms with van der Waals surface area (Å²) in [4.78, 5) is 11.6. The largest absolute Gasteiger partial charge is 0.494 e. The SMILES string of the molecule is CCc1ccc(OCCCc2nnc(NC(=O)CCCN)s2)cc1. The average molecular weight is 348 g/mol. The highest BCUT2D eigenvalue weighted by Crippen LogP contribution is 2.18. The van der Waals surface area contributed by atoms with E-state index in [1.165, 1.54) is 16.9 Å². The summed E-state index contributed by atoms with van der Waals surface area (Å²) in [5, 5.41) is 12.3. The Kier molecular flexibility index (Phi) is 7.64. The molecule has 0 radical (unpaired) electrons. The Bertz CT molecular complexity index is 628. The van der Waals surface area contributed by atoms with Crippen molar-refractivity contribution in [1.29, 1.82) is 0 Å². The van der Waals surface area contributed by atoms with E-state index < -0.39 is 0 Å². The molecule has 1 amide bonds. The predicted octanol–water partition coefficient (Wildman–Crippen LogP) is 2.79. The van der Waals surface area contributed by atoms with Crippen LogP contribution in [0, 0.1) is 0 Å². The fourth-order valence-corrected chi connectivity index (χ4v) is 2.88. The van der Waals surface area contributed by atoms with Crippen molar-refractivity contribution in [3.05, 3.63) is 34.8 Å². The third kappa shape index (κ3) is 6.25.